The van der Waals surface area contributed by atoms with Crippen LogP contribution in [0, 0.1) is 19.8 Å². The van der Waals surface area contributed by atoms with Gasteiger partial charge in [-0.25, -0.2) is 0 Å². The molecule has 2 aliphatic rings. The fourth-order valence-electron chi connectivity index (χ4n) is 3.76. The Bertz CT molecular complexity index is 474. The molecule has 19 heavy (non-hydrogen) atoms. The summed E-state index contributed by atoms with van der Waals surface area (Å²) in [5.74, 6) is 1.70. The number of rotatable bonds is 3. The Kier molecular flexibility index (Phi) is 3.27. The molecule has 0 bridgehead atoms. The second kappa shape index (κ2) is 4.80. The first-order chi connectivity index (χ1) is 9.17. The highest BCUT2D eigenvalue weighted by Gasteiger charge is 2.50. The predicted molar refractivity (Wildman–Crippen MR) is 75.9 cm³/mol. The third-order valence-electron chi connectivity index (χ3n) is 4.72. The van der Waals surface area contributed by atoms with E-state index in [1.807, 2.05) is 0 Å². The molecular weight excluding hydrogens is 238 g/mol. The van der Waals surface area contributed by atoms with E-state index in [1.54, 1.807) is 7.11 Å². The Hall–Kier alpha value is -1.06. The predicted octanol–water partition coefficient (Wildman–Crippen LogP) is 2.19. The van der Waals surface area contributed by atoms with E-state index in [-0.39, 0.29) is 5.41 Å². The van der Waals surface area contributed by atoms with E-state index >= 15 is 0 Å². The number of benzene rings is 1. The molecule has 3 rings (SSSR count). The van der Waals surface area contributed by atoms with Crippen LogP contribution >= 0.6 is 0 Å². The van der Waals surface area contributed by atoms with Crippen molar-refractivity contribution in [1.29, 1.82) is 0 Å². The molecule has 1 atom stereocenters. The lowest BCUT2D eigenvalue weighted by Gasteiger charge is -2.47. The fraction of sp³-hybridized carbons (Fsp3) is 0.625. The second-order valence-electron chi connectivity index (χ2n) is 6.00. The fourth-order valence-corrected chi connectivity index (χ4v) is 3.76. The van der Waals surface area contributed by atoms with Crippen molar-refractivity contribution in [3.8, 4) is 5.75 Å². The minimum atomic E-state index is 0.159. The smallest absolute Gasteiger partial charge is 0.123 e. The van der Waals surface area contributed by atoms with Crippen LogP contribution in [0.5, 0.6) is 5.75 Å². The largest absolute Gasteiger partial charge is 0.496 e. The average molecular weight is 261 g/mol. The molecule has 0 spiro atoms. The summed E-state index contributed by atoms with van der Waals surface area (Å²) in [5.41, 5.74) is 4.14. The molecule has 2 fully saturated rings. The van der Waals surface area contributed by atoms with Gasteiger partial charge in [0.1, 0.15) is 5.75 Å². The molecule has 0 aliphatic carbocycles. The third-order valence-corrected chi connectivity index (χ3v) is 4.72. The van der Waals surface area contributed by atoms with Crippen LogP contribution in [0.4, 0.5) is 0 Å². The van der Waals surface area contributed by atoms with Crippen LogP contribution in [0.1, 0.15) is 23.1 Å². The van der Waals surface area contributed by atoms with Gasteiger partial charge in [0.25, 0.3) is 0 Å². The number of methoxy groups -OCH3 is 1. The van der Waals surface area contributed by atoms with E-state index in [2.05, 4.69) is 31.3 Å². The molecule has 1 aromatic carbocycles. The van der Waals surface area contributed by atoms with E-state index in [0.29, 0.717) is 5.92 Å². The van der Waals surface area contributed by atoms with Gasteiger partial charge in [-0.2, -0.15) is 0 Å². The maximum atomic E-state index is 5.67. The van der Waals surface area contributed by atoms with Crippen molar-refractivity contribution in [1.82, 2.24) is 5.32 Å². The van der Waals surface area contributed by atoms with Gasteiger partial charge >= 0.3 is 0 Å². The van der Waals surface area contributed by atoms with E-state index in [4.69, 9.17) is 9.47 Å². The highest BCUT2D eigenvalue weighted by molar-refractivity contribution is 5.49. The Morgan fingerprint density at radius 3 is 2.63 bits per heavy atom. The molecule has 1 unspecified atom stereocenters. The number of ether oxygens (including phenoxy) is 2. The maximum Gasteiger partial charge on any atom is 0.123 e. The topological polar surface area (TPSA) is 30.5 Å². The second-order valence-corrected chi connectivity index (χ2v) is 6.00. The molecule has 0 radical (unpaired) electrons. The first-order valence-electron chi connectivity index (χ1n) is 7.11. The molecule has 1 aromatic rings. The van der Waals surface area contributed by atoms with Gasteiger partial charge in [0.2, 0.25) is 0 Å². The van der Waals surface area contributed by atoms with E-state index in [0.717, 1.165) is 32.1 Å². The highest BCUT2D eigenvalue weighted by Crippen LogP contribution is 2.47. The van der Waals surface area contributed by atoms with Crippen molar-refractivity contribution < 1.29 is 9.47 Å². The lowest BCUT2D eigenvalue weighted by Crippen LogP contribution is -2.53. The van der Waals surface area contributed by atoms with Crippen molar-refractivity contribution in [3.05, 3.63) is 28.8 Å². The van der Waals surface area contributed by atoms with Gasteiger partial charge in [0, 0.05) is 5.56 Å². The van der Waals surface area contributed by atoms with Gasteiger partial charge in [-0.05, 0) is 56.5 Å². The van der Waals surface area contributed by atoms with Crippen LogP contribution in [0.3, 0.4) is 0 Å². The standard InChI is InChI=1S/C16H23NO2/c1-11-6-12(2)15(14(7-11)18-3)16(9-19-10-16)13-4-5-17-8-13/h6-7,13,17H,4-5,8-10H2,1-3H3. The summed E-state index contributed by atoms with van der Waals surface area (Å²) in [6.07, 6.45) is 1.24. The molecule has 2 saturated heterocycles. The van der Waals surface area contributed by atoms with Crippen molar-refractivity contribution >= 4 is 0 Å². The molecule has 104 valence electrons. The zero-order valence-electron chi connectivity index (χ0n) is 12.1. The van der Waals surface area contributed by atoms with Gasteiger partial charge < -0.3 is 14.8 Å². The normalized spacial score (nSPS) is 25.1. The summed E-state index contributed by atoms with van der Waals surface area (Å²) in [6.45, 7) is 8.21. The van der Waals surface area contributed by atoms with Crippen LogP contribution in [-0.2, 0) is 10.2 Å². The summed E-state index contributed by atoms with van der Waals surface area (Å²) >= 11 is 0. The van der Waals surface area contributed by atoms with Crippen molar-refractivity contribution in [2.24, 2.45) is 5.92 Å². The van der Waals surface area contributed by atoms with Gasteiger partial charge in [-0.15, -0.1) is 0 Å². The summed E-state index contributed by atoms with van der Waals surface area (Å²) in [4.78, 5) is 0. The van der Waals surface area contributed by atoms with Gasteiger partial charge in [-0.1, -0.05) is 6.07 Å². The first kappa shape index (κ1) is 12.9. The summed E-state index contributed by atoms with van der Waals surface area (Å²) in [5, 5.41) is 3.49. The molecule has 0 amide bonds. The third kappa shape index (κ3) is 1.96. The summed E-state index contributed by atoms with van der Waals surface area (Å²) in [6, 6.07) is 4.42. The molecular formula is C16H23NO2. The van der Waals surface area contributed by atoms with Crippen LogP contribution in [0.15, 0.2) is 12.1 Å². The Morgan fingerprint density at radius 2 is 2.11 bits per heavy atom. The van der Waals surface area contributed by atoms with Crippen LogP contribution in [0.25, 0.3) is 0 Å². The molecule has 0 aromatic heterocycles. The number of hydrogen-bond donors (Lipinski definition) is 1. The zero-order valence-corrected chi connectivity index (χ0v) is 12.1. The molecule has 2 heterocycles. The monoisotopic (exact) mass is 261 g/mol. The Morgan fingerprint density at radius 1 is 1.32 bits per heavy atom. The minimum absolute atomic E-state index is 0.159. The van der Waals surface area contributed by atoms with Crippen LogP contribution in [-0.4, -0.2) is 33.4 Å². The molecule has 0 saturated carbocycles. The van der Waals surface area contributed by atoms with Crippen molar-refractivity contribution in [2.75, 3.05) is 33.4 Å². The van der Waals surface area contributed by atoms with E-state index in [9.17, 15) is 0 Å². The molecule has 2 aliphatic heterocycles. The highest BCUT2D eigenvalue weighted by atomic mass is 16.5. The lowest BCUT2D eigenvalue weighted by atomic mass is 9.66. The summed E-state index contributed by atoms with van der Waals surface area (Å²) in [7, 11) is 1.78. The van der Waals surface area contributed by atoms with Crippen LogP contribution < -0.4 is 10.1 Å². The van der Waals surface area contributed by atoms with Crippen molar-refractivity contribution in [2.45, 2.75) is 25.7 Å². The van der Waals surface area contributed by atoms with Crippen LogP contribution in [0.2, 0.25) is 0 Å². The number of nitrogens with one attached hydrogen (secondary N) is 1. The van der Waals surface area contributed by atoms with E-state index in [1.165, 1.54) is 23.1 Å². The number of hydrogen-bond acceptors (Lipinski definition) is 3. The lowest BCUT2D eigenvalue weighted by molar-refractivity contribution is -0.0881. The SMILES string of the molecule is COc1cc(C)cc(C)c1C1(C2CCNC2)COC1. The average Bonchev–Trinajstić information content (AvgIpc) is 2.83. The van der Waals surface area contributed by atoms with Gasteiger partial charge in [0.05, 0.1) is 25.7 Å². The first-order valence-corrected chi connectivity index (χ1v) is 7.11. The summed E-state index contributed by atoms with van der Waals surface area (Å²) < 4.78 is 11.3. The van der Waals surface area contributed by atoms with Crippen molar-refractivity contribution in [3.63, 3.8) is 0 Å². The Labute approximate surface area is 115 Å². The molecule has 3 heteroatoms. The quantitative estimate of drug-likeness (QED) is 0.904. The molecule has 1 N–H and O–H groups in total. The minimum Gasteiger partial charge on any atom is -0.496 e. The van der Waals surface area contributed by atoms with Gasteiger partial charge in [-0.3, -0.25) is 0 Å². The zero-order chi connectivity index (χ0) is 13.5. The molecule has 3 nitrogen and oxygen atoms in total. The van der Waals surface area contributed by atoms with E-state index < -0.39 is 0 Å². The van der Waals surface area contributed by atoms with Gasteiger partial charge in [0.15, 0.2) is 0 Å². The Balaban J connectivity index is 2.08. The maximum absolute atomic E-state index is 5.67. The number of aryl methyl sites for hydroxylation is 2.